The number of imidazole rings is 1. The number of ether oxygens (including phenoxy) is 1. The van der Waals surface area contributed by atoms with Gasteiger partial charge >= 0.3 is 17.9 Å². The molecule has 4 aromatic heterocycles. The highest BCUT2D eigenvalue weighted by molar-refractivity contribution is 5.90. The third kappa shape index (κ3) is 5.64. The molecule has 4 unspecified atom stereocenters. The van der Waals surface area contributed by atoms with Crippen molar-refractivity contribution in [3.63, 3.8) is 0 Å². The third-order valence-electron chi connectivity index (χ3n) is 8.45. The quantitative estimate of drug-likeness (QED) is 0.118. The first kappa shape index (κ1) is 32.8. The van der Waals surface area contributed by atoms with Crippen LogP contribution in [0.3, 0.4) is 0 Å². The van der Waals surface area contributed by atoms with Crippen molar-refractivity contribution >= 4 is 45.7 Å². The van der Waals surface area contributed by atoms with Crippen LogP contribution in [-0.2, 0) is 26.8 Å². The topological polar surface area (TPSA) is 279 Å². The highest BCUT2D eigenvalue weighted by atomic mass is 16.7. The van der Waals surface area contributed by atoms with Crippen molar-refractivity contribution in [3.05, 3.63) is 40.6 Å². The van der Waals surface area contributed by atoms with Crippen LogP contribution in [0.2, 0.25) is 0 Å². The number of rotatable bonds is 7. The van der Waals surface area contributed by atoms with Crippen LogP contribution in [0.15, 0.2) is 29.2 Å². The van der Waals surface area contributed by atoms with Gasteiger partial charge in [-0.3, -0.25) is 9.36 Å². The molecular formula is C28H37N9O9. The Bertz CT molecular complexity index is 1890. The summed E-state index contributed by atoms with van der Waals surface area (Å²) in [6, 6.07) is 4.43. The van der Waals surface area contributed by atoms with E-state index in [2.05, 4.69) is 30.9 Å². The van der Waals surface area contributed by atoms with E-state index in [-0.39, 0.29) is 29.2 Å². The lowest BCUT2D eigenvalue weighted by atomic mass is 10.0. The Hall–Kier alpha value is -4.62. The van der Waals surface area contributed by atoms with Gasteiger partial charge in [0.2, 0.25) is 5.91 Å². The normalized spacial score (nSPS) is 22.8. The number of nitrogens with zero attached hydrogens (tertiary/aromatic N) is 6. The van der Waals surface area contributed by atoms with E-state index in [1.807, 2.05) is 6.92 Å². The molecule has 4 heterocycles. The summed E-state index contributed by atoms with van der Waals surface area (Å²) in [7, 11) is 1.22. The monoisotopic (exact) mass is 643 g/mol. The second kappa shape index (κ2) is 11.3. The second-order valence-corrected chi connectivity index (χ2v) is 12.2. The van der Waals surface area contributed by atoms with Gasteiger partial charge in [-0.05, 0) is 57.6 Å². The predicted molar refractivity (Wildman–Crippen MR) is 161 cm³/mol. The van der Waals surface area contributed by atoms with E-state index in [1.54, 1.807) is 26.0 Å². The van der Waals surface area contributed by atoms with Gasteiger partial charge in [0.25, 0.3) is 0 Å². The summed E-state index contributed by atoms with van der Waals surface area (Å²) in [5, 5.41) is 58.7. The van der Waals surface area contributed by atoms with Crippen LogP contribution in [0.25, 0.3) is 22.1 Å². The molecule has 10 N–H and O–H groups in total. The molecule has 2 saturated carbocycles. The number of aromatic nitrogens is 6. The summed E-state index contributed by atoms with van der Waals surface area (Å²) in [5.41, 5.74) is 7.85. The number of pyridine rings is 2. The molecule has 2 aliphatic rings. The van der Waals surface area contributed by atoms with E-state index in [4.69, 9.17) is 5.73 Å². The fraction of sp³-hybridized carbons (Fsp3) is 0.500. The fourth-order valence-electron chi connectivity index (χ4n) is 6.07. The molecule has 46 heavy (non-hydrogen) atoms. The fourth-order valence-corrected chi connectivity index (χ4v) is 6.07. The highest BCUT2D eigenvalue weighted by Gasteiger charge is 2.60. The molecule has 4 atom stereocenters. The minimum Gasteiger partial charge on any atom is -0.453 e. The molecule has 0 radical (unpaired) electrons. The smallest absolute Gasteiger partial charge is 0.404 e. The molecule has 2 aliphatic carbocycles. The lowest BCUT2D eigenvalue weighted by molar-refractivity contribution is -0.374. The Kier molecular flexibility index (Phi) is 8.06. The number of amides is 2. The van der Waals surface area contributed by atoms with E-state index in [9.17, 15) is 39.9 Å². The van der Waals surface area contributed by atoms with Gasteiger partial charge in [0.1, 0.15) is 28.5 Å². The van der Waals surface area contributed by atoms with Gasteiger partial charge in [-0.2, -0.15) is 5.10 Å². The van der Waals surface area contributed by atoms with E-state index in [0.717, 1.165) is 0 Å². The molecule has 4 aromatic rings. The zero-order chi connectivity index (χ0) is 33.9. The minimum atomic E-state index is -3.46. The molecule has 18 heteroatoms. The average molecular weight is 644 g/mol. The average Bonchev–Trinajstić information content (AvgIpc) is 3.23. The van der Waals surface area contributed by atoms with Gasteiger partial charge in [-0.25, -0.2) is 28.8 Å². The summed E-state index contributed by atoms with van der Waals surface area (Å²) in [4.78, 5) is 44.0. The molecule has 0 aliphatic heterocycles. The zero-order valence-corrected chi connectivity index (χ0v) is 25.6. The summed E-state index contributed by atoms with van der Waals surface area (Å²) >= 11 is 0. The zero-order valence-electron chi connectivity index (χ0n) is 25.6. The summed E-state index contributed by atoms with van der Waals surface area (Å²) in [6.45, 7) is 5.07. The Morgan fingerprint density at radius 2 is 1.76 bits per heavy atom. The molecule has 2 amide bonds. The number of carbonyl (C=O) groups is 2. The Morgan fingerprint density at radius 1 is 1.11 bits per heavy atom. The predicted octanol–water partition coefficient (Wildman–Crippen LogP) is -0.524. The van der Waals surface area contributed by atoms with Crippen molar-refractivity contribution in [1.82, 2.24) is 28.9 Å². The van der Waals surface area contributed by atoms with Gasteiger partial charge in [-0.15, -0.1) is 0 Å². The number of carbonyl (C=O) groups excluding carboxylic acids is 2. The van der Waals surface area contributed by atoms with Crippen LogP contribution in [-0.4, -0.2) is 79.6 Å². The number of primary amides is 2. The Balaban J connectivity index is 0.000000775. The largest absolute Gasteiger partial charge is 0.453 e. The Labute approximate surface area is 260 Å². The Morgan fingerprint density at radius 3 is 2.26 bits per heavy atom. The molecule has 18 nitrogen and oxygen atoms in total. The van der Waals surface area contributed by atoms with E-state index >= 15 is 0 Å². The standard InChI is InChI=1S/C26H32N8O7.C2H5NO2/c1-12-10-25(12,22(27)36)34-21-15(20(31-34)24(2,3)38)6-7-18(30-21)29-19-9-16-17(11-28-19)33(26(39,40)41)23(37)32(16)13-4-5-14(35)8-13;1-5-2(3)4/h6-7,9,11-14,35,38-41H,4-5,8,10H2,1-3H3,(H2,27,36)(H,28,29,30);1H3,(H2,3,4). The molecule has 6 rings (SSSR count). The number of anilines is 2. The number of nitrogens with two attached hydrogens (primary N) is 2. The van der Waals surface area contributed by atoms with Crippen LogP contribution in [0, 0.1) is 5.92 Å². The van der Waals surface area contributed by atoms with Gasteiger partial charge in [0.05, 0.1) is 30.4 Å². The maximum absolute atomic E-state index is 13.2. The lowest BCUT2D eigenvalue weighted by Gasteiger charge is -2.16. The van der Waals surface area contributed by atoms with E-state index in [1.165, 1.54) is 28.6 Å². The second-order valence-electron chi connectivity index (χ2n) is 12.2. The van der Waals surface area contributed by atoms with Crippen molar-refractivity contribution in [2.75, 3.05) is 12.4 Å². The van der Waals surface area contributed by atoms with Crippen molar-refractivity contribution < 1.29 is 39.9 Å². The van der Waals surface area contributed by atoms with Gasteiger partial charge in [0, 0.05) is 17.5 Å². The number of aliphatic hydroxyl groups is 5. The van der Waals surface area contributed by atoms with Crippen LogP contribution >= 0.6 is 0 Å². The van der Waals surface area contributed by atoms with Crippen molar-refractivity contribution in [2.24, 2.45) is 17.4 Å². The molecule has 0 spiro atoms. The van der Waals surface area contributed by atoms with Crippen molar-refractivity contribution in [2.45, 2.75) is 75.8 Å². The van der Waals surface area contributed by atoms with Crippen LogP contribution in [0.4, 0.5) is 16.4 Å². The summed E-state index contributed by atoms with van der Waals surface area (Å²) < 4.78 is 7.10. The van der Waals surface area contributed by atoms with Gasteiger partial charge in [0.15, 0.2) is 5.65 Å². The number of methoxy groups -OCH3 is 1. The van der Waals surface area contributed by atoms with E-state index in [0.29, 0.717) is 46.4 Å². The molecular weight excluding hydrogens is 606 g/mol. The number of fused-ring (bicyclic) bond motifs is 2. The van der Waals surface area contributed by atoms with Gasteiger partial charge in [-0.1, -0.05) is 6.92 Å². The summed E-state index contributed by atoms with van der Waals surface area (Å²) in [6.07, 6.45) is -1.90. The molecule has 0 saturated heterocycles. The third-order valence-corrected chi connectivity index (χ3v) is 8.45. The first-order valence-corrected chi connectivity index (χ1v) is 14.4. The molecule has 0 bridgehead atoms. The molecule has 248 valence electrons. The SMILES string of the molecule is CC1CC1(C(N)=O)n1nc(C(C)(C)O)c2ccc(Nc3cc4c(cn3)n(C(O)(O)O)c(=O)n4C3CCC(O)C3)nc21.COC(N)=O. The van der Waals surface area contributed by atoms with Crippen LogP contribution in [0.5, 0.6) is 0 Å². The number of hydrogen-bond donors (Lipinski definition) is 8. The number of hydrogen-bond acceptors (Lipinski definition) is 13. The molecule has 2 fully saturated rings. The van der Waals surface area contributed by atoms with E-state index < -0.39 is 47.1 Å². The lowest BCUT2D eigenvalue weighted by Crippen LogP contribution is -2.41. The summed E-state index contributed by atoms with van der Waals surface area (Å²) in [5.74, 6) is -0.0689. The maximum atomic E-state index is 13.2. The minimum absolute atomic E-state index is 0.0307. The van der Waals surface area contributed by atoms with Crippen LogP contribution < -0.4 is 22.5 Å². The van der Waals surface area contributed by atoms with Crippen molar-refractivity contribution in [1.29, 1.82) is 0 Å². The number of nitrogens with one attached hydrogen (secondary N) is 1. The number of aliphatic hydroxyl groups excluding tert-OH is 1. The highest BCUT2D eigenvalue weighted by Crippen LogP contribution is 2.51. The maximum Gasteiger partial charge on any atom is 0.404 e. The molecule has 0 aromatic carbocycles. The van der Waals surface area contributed by atoms with Crippen molar-refractivity contribution in [3.8, 4) is 0 Å². The van der Waals surface area contributed by atoms with Gasteiger partial charge < -0.3 is 47.1 Å². The first-order chi connectivity index (χ1) is 21.4. The van der Waals surface area contributed by atoms with Crippen LogP contribution in [0.1, 0.15) is 58.2 Å². The first-order valence-electron chi connectivity index (χ1n) is 14.4.